The Morgan fingerprint density at radius 1 is 1.37 bits per heavy atom. The van der Waals surface area contributed by atoms with Crippen LogP contribution in [-0.2, 0) is 25.5 Å². The number of rotatable bonds is 9. The average molecular weight is 530 g/mol. The van der Waals surface area contributed by atoms with Gasteiger partial charge in [0, 0.05) is 18.7 Å². The fraction of sp³-hybridized carbons (Fsp3) is 0.450. The lowest BCUT2D eigenvalue weighted by Gasteiger charge is -2.48. The molecule has 1 aromatic rings. The number of benzene rings is 1. The molecule has 2 aliphatic rings. The van der Waals surface area contributed by atoms with Crippen LogP contribution in [0.4, 0.5) is 0 Å². The first-order chi connectivity index (χ1) is 16.2. The Kier molecular flexibility index (Phi) is 7.11. The van der Waals surface area contributed by atoms with Gasteiger partial charge in [-0.1, -0.05) is 11.6 Å². The van der Waals surface area contributed by atoms with Crippen LogP contribution in [0.1, 0.15) is 43.5 Å². The van der Waals surface area contributed by atoms with E-state index in [2.05, 4.69) is 15.8 Å². The summed E-state index contributed by atoms with van der Waals surface area (Å²) in [6, 6.07) is -0.0768. The van der Waals surface area contributed by atoms with Gasteiger partial charge in [0.2, 0.25) is 5.91 Å². The van der Waals surface area contributed by atoms with E-state index in [1.165, 1.54) is 0 Å². The van der Waals surface area contributed by atoms with E-state index in [0.29, 0.717) is 0 Å². The molecule has 13 nitrogen and oxygen atoms in total. The third-order valence-electron chi connectivity index (χ3n) is 6.01. The maximum atomic E-state index is 12.7. The smallest absolute Gasteiger partial charge is 0.328 e. The van der Waals surface area contributed by atoms with Gasteiger partial charge in [-0.05, 0) is 49.9 Å². The molecule has 3 rings (SSSR count). The van der Waals surface area contributed by atoms with Gasteiger partial charge < -0.3 is 30.1 Å². The van der Waals surface area contributed by atoms with E-state index in [9.17, 15) is 43.3 Å². The SMILES string of the molecule is C[C@@H]1CC(=O)N1[C@@H](C(=O)O)[C@](C)(/C=N/NC(=O)C1(NC(=O)c2ccc(O)c(O)c2Cl)CC1)S(=O)[O-]. The van der Waals surface area contributed by atoms with Gasteiger partial charge in [0.25, 0.3) is 11.8 Å². The van der Waals surface area contributed by atoms with Crippen molar-refractivity contribution in [3.05, 3.63) is 22.7 Å². The normalized spacial score (nSPS) is 22.0. The average Bonchev–Trinajstić information content (AvgIpc) is 3.55. The van der Waals surface area contributed by atoms with Gasteiger partial charge >= 0.3 is 5.97 Å². The summed E-state index contributed by atoms with van der Waals surface area (Å²) in [5, 5.41) is 34.4. The second-order valence-electron chi connectivity index (χ2n) is 8.54. The highest BCUT2D eigenvalue weighted by atomic mass is 35.5. The summed E-state index contributed by atoms with van der Waals surface area (Å²) in [5.41, 5.74) is 0.509. The minimum atomic E-state index is -3.05. The summed E-state index contributed by atoms with van der Waals surface area (Å²) in [5.74, 6) is -4.95. The van der Waals surface area contributed by atoms with Gasteiger partial charge in [-0.25, -0.2) is 10.2 Å². The molecule has 35 heavy (non-hydrogen) atoms. The fourth-order valence-corrected chi connectivity index (χ4v) is 4.49. The molecule has 1 aliphatic heterocycles. The van der Waals surface area contributed by atoms with Crippen molar-refractivity contribution in [1.29, 1.82) is 0 Å². The predicted molar refractivity (Wildman–Crippen MR) is 121 cm³/mol. The first-order valence-electron chi connectivity index (χ1n) is 10.3. The number of likely N-dealkylation sites (tertiary alicyclic amines) is 1. The number of hydrogen-bond donors (Lipinski definition) is 5. The zero-order valence-electron chi connectivity index (χ0n) is 18.5. The van der Waals surface area contributed by atoms with Crippen LogP contribution in [0.5, 0.6) is 11.5 Å². The van der Waals surface area contributed by atoms with Gasteiger partial charge in [0.15, 0.2) is 17.5 Å². The summed E-state index contributed by atoms with van der Waals surface area (Å²) < 4.78 is 21.8. The molecule has 1 heterocycles. The number of hydrogen-bond acceptors (Lipinski definition) is 9. The molecule has 1 aromatic carbocycles. The molecule has 2 fully saturated rings. The van der Waals surface area contributed by atoms with E-state index < -0.39 is 73.7 Å². The molecule has 0 bridgehead atoms. The summed E-state index contributed by atoms with van der Waals surface area (Å²) in [4.78, 5) is 50.0. The molecule has 1 unspecified atom stereocenters. The molecule has 5 N–H and O–H groups in total. The third kappa shape index (κ3) is 4.81. The number of phenolic OH excluding ortho intramolecular Hbond substituents is 2. The summed E-state index contributed by atoms with van der Waals surface area (Å²) in [6.45, 7) is 2.63. The molecule has 3 amide bonds. The Hall–Kier alpha value is -3.23. The second-order valence-corrected chi connectivity index (χ2v) is 10.3. The van der Waals surface area contributed by atoms with E-state index in [4.69, 9.17) is 11.6 Å². The number of carbonyl (C=O) groups excluding carboxylic acids is 3. The van der Waals surface area contributed by atoms with E-state index in [1.54, 1.807) is 6.92 Å². The Morgan fingerprint density at radius 2 is 2.00 bits per heavy atom. The zero-order chi connectivity index (χ0) is 26.3. The number of carboxylic acids is 1. The van der Waals surface area contributed by atoms with Crippen molar-refractivity contribution < 1.29 is 43.3 Å². The van der Waals surface area contributed by atoms with Crippen molar-refractivity contribution in [3.63, 3.8) is 0 Å². The highest BCUT2D eigenvalue weighted by Crippen LogP contribution is 2.39. The Morgan fingerprint density at radius 3 is 2.49 bits per heavy atom. The number of carboxylic acid groups (broad SMARTS) is 1. The Balaban J connectivity index is 1.75. The number of carbonyl (C=O) groups is 4. The largest absolute Gasteiger partial charge is 0.772 e. The van der Waals surface area contributed by atoms with Crippen molar-refractivity contribution in [2.45, 2.75) is 55.5 Å². The molecule has 0 aromatic heterocycles. The second kappa shape index (κ2) is 9.43. The minimum Gasteiger partial charge on any atom is -0.772 e. The van der Waals surface area contributed by atoms with Crippen LogP contribution in [-0.4, -0.2) is 81.3 Å². The minimum absolute atomic E-state index is 0.0737. The molecule has 1 saturated carbocycles. The molecule has 0 radical (unpaired) electrons. The molecule has 190 valence electrons. The standard InChI is InChI=1S/C20H23ClN4O9S/c1-9-7-12(27)25(9)15(17(30)31)19(2,35(33)34)8-22-24-18(32)20(5-6-20)23-16(29)10-3-4-11(26)14(28)13(10)21/h3-4,8-9,15,26,28H,5-7H2,1-2H3,(H,23,29)(H,24,32)(H,30,31)(H,33,34)/p-1/b22-8+/t9-,15+,19+/m1/s1. The van der Waals surface area contributed by atoms with Crippen molar-refractivity contribution >= 4 is 52.6 Å². The quantitative estimate of drug-likeness (QED) is 0.0943. The lowest BCUT2D eigenvalue weighted by Crippen LogP contribution is -2.67. The number of hydrazone groups is 1. The lowest BCUT2D eigenvalue weighted by molar-refractivity contribution is -0.161. The highest BCUT2D eigenvalue weighted by Gasteiger charge is 2.53. The number of nitrogens with zero attached hydrogens (tertiary/aromatic N) is 2. The van der Waals surface area contributed by atoms with Crippen molar-refractivity contribution in [1.82, 2.24) is 15.6 Å². The van der Waals surface area contributed by atoms with E-state index in [0.717, 1.165) is 30.2 Å². The number of halogens is 1. The number of aliphatic carboxylic acids is 1. The first-order valence-corrected chi connectivity index (χ1v) is 11.7. The maximum absolute atomic E-state index is 12.7. The number of aromatic hydroxyl groups is 2. The van der Waals surface area contributed by atoms with Crippen LogP contribution in [0.3, 0.4) is 0 Å². The van der Waals surface area contributed by atoms with Crippen molar-refractivity contribution in [3.8, 4) is 11.5 Å². The number of amides is 3. The number of β-lactam (4-membered cyclic amide) rings is 1. The van der Waals surface area contributed by atoms with Crippen LogP contribution >= 0.6 is 11.6 Å². The van der Waals surface area contributed by atoms with Crippen LogP contribution in [0.25, 0.3) is 0 Å². The molecule has 0 spiro atoms. The summed E-state index contributed by atoms with van der Waals surface area (Å²) >= 11 is 2.82. The topological polar surface area (TPSA) is 209 Å². The Bertz CT molecular complexity index is 1160. The van der Waals surface area contributed by atoms with Crippen molar-refractivity contribution in [2.24, 2.45) is 5.10 Å². The van der Waals surface area contributed by atoms with Gasteiger partial charge in [-0.3, -0.25) is 18.6 Å². The maximum Gasteiger partial charge on any atom is 0.328 e. The van der Waals surface area contributed by atoms with Gasteiger partial charge in [0.05, 0.1) is 15.3 Å². The molecule has 15 heteroatoms. The predicted octanol–water partition coefficient (Wildman–Crippen LogP) is -0.173. The van der Waals surface area contributed by atoms with Crippen LogP contribution < -0.4 is 10.7 Å². The van der Waals surface area contributed by atoms with Gasteiger partial charge in [-0.2, -0.15) is 5.10 Å². The zero-order valence-corrected chi connectivity index (χ0v) is 20.1. The van der Waals surface area contributed by atoms with Crippen LogP contribution in [0, 0.1) is 0 Å². The fourth-order valence-electron chi connectivity index (χ4n) is 3.71. The lowest BCUT2D eigenvalue weighted by atomic mass is 9.92. The molecule has 4 atom stereocenters. The van der Waals surface area contributed by atoms with E-state index in [-0.39, 0.29) is 24.8 Å². The van der Waals surface area contributed by atoms with E-state index >= 15 is 0 Å². The third-order valence-corrected chi connectivity index (χ3v) is 7.44. The van der Waals surface area contributed by atoms with Gasteiger partial charge in [-0.15, -0.1) is 0 Å². The molecule has 1 saturated heterocycles. The number of phenols is 2. The molecule has 1 aliphatic carbocycles. The summed E-state index contributed by atoms with van der Waals surface area (Å²) in [7, 11) is 0. The summed E-state index contributed by atoms with van der Waals surface area (Å²) in [6.07, 6.45) is 1.22. The van der Waals surface area contributed by atoms with E-state index in [1.807, 2.05) is 0 Å². The molecular formula is C20H22ClN4O9S-. The monoisotopic (exact) mass is 529 g/mol. The van der Waals surface area contributed by atoms with Crippen molar-refractivity contribution in [2.75, 3.05) is 0 Å². The Labute approximate surface area is 206 Å². The van der Waals surface area contributed by atoms with Crippen LogP contribution in [0.15, 0.2) is 17.2 Å². The molecular weight excluding hydrogens is 508 g/mol. The first kappa shape index (κ1) is 26.4. The number of nitrogens with one attached hydrogen (secondary N) is 2. The highest BCUT2D eigenvalue weighted by molar-refractivity contribution is 7.81. The van der Waals surface area contributed by atoms with Crippen LogP contribution in [0.2, 0.25) is 5.02 Å². The van der Waals surface area contributed by atoms with Gasteiger partial charge in [0.1, 0.15) is 5.54 Å².